The van der Waals surface area contributed by atoms with E-state index in [0.29, 0.717) is 17.4 Å². The number of thioether (sulfide) groups is 1. The summed E-state index contributed by atoms with van der Waals surface area (Å²) in [6.45, 7) is 0.441. The molecule has 0 radical (unpaired) electrons. The Kier molecular flexibility index (Phi) is 4.15. The predicted molar refractivity (Wildman–Crippen MR) is 67.8 cm³/mol. The Labute approximate surface area is 108 Å². The van der Waals surface area contributed by atoms with Crippen molar-refractivity contribution < 1.29 is 14.6 Å². The number of carboxylic acid groups (broad SMARTS) is 1. The summed E-state index contributed by atoms with van der Waals surface area (Å²) in [6, 6.07) is 6.62. The van der Waals surface area contributed by atoms with Crippen molar-refractivity contribution >= 4 is 29.3 Å². The molecule has 0 saturated carbocycles. The van der Waals surface area contributed by atoms with Gasteiger partial charge in [-0.05, 0) is 24.3 Å². The number of benzene rings is 1. The molecule has 2 N–H and O–H groups in total. The molecule has 1 saturated heterocycles. The average molecular weight is 274 g/mol. The van der Waals surface area contributed by atoms with E-state index in [1.165, 1.54) is 0 Å². The molecule has 0 amide bonds. The second-order valence-electron chi connectivity index (χ2n) is 3.64. The number of rotatable bonds is 4. The molecule has 2 atom stereocenters. The van der Waals surface area contributed by atoms with Gasteiger partial charge in [-0.1, -0.05) is 11.6 Å². The number of aliphatic carboxylic acids is 1. The van der Waals surface area contributed by atoms with Gasteiger partial charge in [0.15, 0.2) is 0 Å². The summed E-state index contributed by atoms with van der Waals surface area (Å²) in [4.78, 5) is 10.7. The smallest absolute Gasteiger partial charge is 0.321 e. The zero-order valence-electron chi connectivity index (χ0n) is 8.93. The first-order chi connectivity index (χ1) is 8.15. The lowest BCUT2D eigenvalue weighted by molar-refractivity contribution is -0.138. The van der Waals surface area contributed by atoms with Crippen LogP contribution in [-0.2, 0) is 4.79 Å². The highest BCUT2D eigenvalue weighted by Gasteiger charge is 2.29. The second-order valence-corrected chi connectivity index (χ2v) is 5.32. The van der Waals surface area contributed by atoms with E-state index in [4.69, 9.17) is 21.4 Å². The third-order valence-electron chi connectivity index (χ3n) is 2.36. The monoisotopic (exact) mass is 273 g/mol. The summed E-state index contributed by atoms with van der Waals surface area (Å²) >= 11 is 7.31. The zero-order chi connectivity index (χ0) is 12.3. The van der Waals surface area contributed by atoms with E-state index in [1.807, 2.05) is 0 Å². The van der Waals surface area contributed by atoms with Gasteiger partial charge in [-0.2, -0.15) is 0 Å². The van der Waals surface area contributed by atoms with Crippen LogP contribution in [0.4, 0.5) is 0 Å². The molecule has 1 heterocycles. The molecule has 1 aliphatic rings. The first-order valence-electron chi connectivity index (χ1n) is 5.14. The molecule has 2 rings (SSSR count). The van der Waals surface area contributed by atoms with E-state index in [9.17, 15) is 4.79 Å². The molecule has 1 aliphatic heterocycles. The van der Waals surface area contributed by atoms with Crippen molar-refractivity contribution in [2.24, 2.45) is 0 Å². The van der Waals surface area contributed by atoms with Crippen molar-refractivity contribution in [3.05, 3.63) is 29.3 Å². The topological polar surface area (TPSA) is 58.6 Å². The minimum Gasteiger partial charge on any atom is -0.491 e. The van der Waals surface area contributed by atoms with E-state index >= 15 is 0 Å². The zero-order valence-corrected chi connectivity index (χ0v) is 10.5. The van der Waals surface area contributed by atoms with E-state index in [2.05, 4.69) is 5.32 Å². The van der Waals surface area contributed by atoms with Gasteiger partial charge in [0.2, 0.25) is 0 Å². The number of nitrogens with one attached hydrogen (secondary N) is 1. The van der Waals surface area contributed by atoms with Gasteiger partial charge in [0.25, 0.3) is 0 Å². The molecule has 1 fully saturated rings. The number of carboxylic acids is 1. The maximum atomic E-state index is 10.7. The standard InChI is InChI=1S/C11H12ClNO3S/c12-7-1-3-8(4-2-7)16-5-10-13-9(6-17-10)11(14)15/h1-4,9-10,13H,5-6H2,(H,14,15). The molecule has 92 valence electrons. The van der Waals surface area contributed by atoms with Gasteiger partial charge in [0.1, 0.15) is 18.4 Å². The second kappa shape index (κ2) is 5.62. The molecular formula is C11H12ClNO3S. The van der Waals surface area contributed by atoms with Crippen LogP contribution in [0.15, 0.2) is 24.3 Å². The van der Waals surface area contributed by atoms with Crippen LogP contribution in [0.3, 0.4) is 0 Å². The number of ether oxygens (including phenoxy) is 1. The molecule has 1 aromatic carbocycles. The lowest BCUT2D eigenvalue weighted by atomic mass is 10.3. The lowest BCUT2D eigenvalue weighted by Gasteiger charge is -2.12. The van der Waals surface area contributed by atoms with Crippen LogP contribution in [0.2, 0.25) is 5.02 Å². The summed E-state index contributed by atoms with van der Waals surface area (Å²) in [5.41, 5.74) is 0. The van der Waals surface area contributed by atoms with Crippen LogP contribution in [0.1, 0.15) is 0 Å². The molecule has 0 aromatic heterocycles. The number of carbonyl (C=O) groups is 1. The fourth-order valence-electron chi connectivity index (χ4n) is 1.47. The molecule has 4 nitrogen and oxygen atoms in total. The maximum Gasteiger partial charge on any atom is 0.321 e. The third kappa shape index (κ3) is 3.52. The highest BCUT2D eigenvalue weighted by atomic mass is 35.5. The van der Waals surface area contributed by atoms with E-state index in [1.54, 1.807) is 36.0 Å². The normalized spacial score (nSPS) is 23.6. The summed E-state index contributed by atoms with van der Waals surface area (Å²) in [5, 5.41) is 12.5. The van der Waals surface area contributed by atoms with Crippen molar-refractivity contribution in [2.45, 2.75) is 11.4 Å². The van der Waals surface area contributed by atoms with Crippen molar-refractivity contribution in [1.82, 2.24) is 5.32 Å². The molecular weight excluding hydrogens is 262 g/mol. The summed E-state index contributed by atoms with van der Waals surface area (Å²) in [7, 11) is 0. The number of halogens is 1. The average Bonchev–Trinajstić information content (AvgIpc) is 2.77. The molecule has 0 spiro atoms. The van der Waals surface area contributed by atoms with Gasteiger partial charge < -0.3 is 9.84 Å². The van der Waals surface area contributed by atoms with Gasteiger partial charge in [-0.25, -0.2) is 0 Å². The first kappa shape index (κ1) is 12.5. The number of hydrogen-bond donors (Lipinski definition) is 2. The van der Waals surface area contributed by atoms with Gasteiger partial charge >= 0.3 is 5.97 Å². The molecule has 0 aliphatic carbocycles. The molecule has 2 unspecified atom stereocenters. The largest absolute Gasteiger partial charge is 0.491 e. The third-order valence-corrected chi connectivity index (χ3v) is 3.82. The van der Waals surface area contributed by atoms with E-state index in [-0.39, 0.29) is 5.37 Å². The highest BCUT2D eigenvalue weighted by molar-refractivity contribution is 8.00. The van der Waals surface area contributed by atoms with Crippen LogP contribution in [-0.4, -0.2) is 34.9 Å². The van der Waals surface area contributed by atoms with Gasteiger partial charge in [-0.3, -0.25) is 10.1 Å². The Morgan fingerprint density at radius 1 is 1.53 bits per heavy atom. The van der Waals surface area contributed by atoms with Crippen LogP contribution in [0.25, 0.3) is 0 Å². The Hall–Kier alpha value is -0.910. The van der Waals surface area contributed by atoms with Crippen LogP contribution < -0.4 is 10.1 Å². The minimum atomic E-state index is -0.813. The number of hydrogen-bond acceptors (Lipinski definition) is 4. The van der Waals surface area contributed by atoms with E-state index in [0.717, 1.165) is 5.75 Å². The van der Waals surface area contributed by atoms with Gasteiger partial charge in [0.05, 0.1) is 5.37 Å². The lowest BCUT2D eigenvalue weighted by Crippen LogP contribution is -2.38. The van der Waals surface area contributed by atoms with Crippen molar-refractivity contribution in [3.63, 3.8) is 0 Å². The fraction of sp³-hybridized carbons (Fsp3) is 0.364. The van der Waals surface area contributed by atoms with Crippen LogP contribution in [0, 0.1) is 0 Å². The molecule has 6 heteroatoms. The van der Waals surface area contributed by atoms with Crippen molar-refractivity contribution in [3.8, 4) is 5.75 Å². The summed E-state index contributed by atoms with van der Waals surface area (Å²) in [5.74, 6) is 0.492. The summed E-state index contributed by atoms with van der Waals surface area (Å²) < 4.78 is 5.54. The predicted octanol–water partition coefficient (Wildman–Crippen LogP) is 1.83. The molecule has 1 aromatic rings. The molecule has 17 heavy (non-hydrogen) atoms. The molecule has 0 bridgehead atoms. The SMILES string of the molecule is O=C(O)C1CSC(COc2ccc(Cl)cc2)N1. The summed E-state index contributed by atoms with van der Waals surface area (Å²) in [6.07, 6.45) is 0. The quantitative estimate of drug-likeness (QED) is 0.877. The van der Waals surface area contributed by atoms with Crippen molar-refractivity contribution in [1.29, 1.82) is 0 Å². The van der Waals surface area contributed by atoms with Gasteiger partial charge in [0, 0.05) is 10.8 Å². The minimum absolute atomic E-state index is 0.0202. The van der Waals surface area contributed by atoms with Crippen LogP contribution >= 0.6 is 23.4 Å². The Bertz CT molecular complexity index is 398. The van der Waals surface area contributed by atoms with Gasteiger partial charge in [-0.15, -0.1) is 11.8 Å². The van der Waals surface area contributed by atoms with Crippen molar-refractivity contribution in [2.75, 3.05) is 12.4 Å². The van der Waals surface area contributed by atoms with E-state index < -0.39 is 12.0 Å². The Morgan fingerprint density at radius 3 is 2.82 bits per heavy atom. The maximum absolute atomic E-state index is 10.7. The highest BCUT2D eigenvalue weighted by Crippen LogP contribution is 2.21. The Balaban J connectivity index is 1.80. The van der Waals surface area contributed by atoms with Crippen LogP contribution in [0.5, 0.6) is 5.75 Å². The first-order valence-corrected chi connectivity index (χ1v) is 6.56. The Morgan fingerprint density at radius 2 is 2.24 bits per heavy atom. The fourth-order valence-corrected chi connectivity index (χ4v) is 2.69.